The molecule has 11 aromatic carbocycles. The highest BCUT2D eigenvalue weighted by Gasteiger charge is 2.27. The largest absolute Gasteiger partial charge is 0.310 e. The minimum absolute atomic E-state index is 0.0128. The lowest BCUT2D eigenvalue weighted by molar-refractivity contribution is 0.568. The van der Waals surface area contributed by atoms with Crippen molar-refractivity contribution in [2.24, 2.45) is 0 Å². The van der Waals surface area contributed by atoms with Crippen LogP contribution in [0.15, 0.2) is 194 Å². The van der Waals surface area contributed by atoms with E-state index in [4.69, 9.17) is 0 Å². The number of anilines is 3. The molecule has 84 heavy (non-hydrogen) atoms. The molecule has 0 unspecified atom stereocenters. The van der Waals surface area contributed by atoms with E-state index < -0.39 is 0 Å². The molecule has 1 aromatic heterocycles. The fourth-order valence-corrected chi connectivity index (χ4v) is 12.6. The Labute approximate surface area is 501 Å². The summed E-state index contributed by atoms with van der Waals surface area (Å²) in [6, 6.07) is 75.3. The zero-order valence-electron chi connectivity index (χ0n) is 53.4. The highest BCUT2D eigenvalue weighted by Crippen LogP contribution is 2.48. The SMILES string of the molecule is CC(C)(C)c1cc(-c2ccc(N(c3ccc(-c4cccc(-c5cc(C(C)(C)C)cc(C(C)(C)C)c5)c4)cc3)c3ccc4ccc5c(-n6c7ccc(C(C)(C)C)cc7c7cc(C(C)(C)C)ccc76)ccc6ccc3c4c65)cc2)cc(C(C)(C)C)c1. The molecule has 0 spiro atoms. The molecular weight excluding hydrogens is 1010 g/mol. The highest BCUT2D eigenvalue weighted by molar-refractivity contribution is 6.27. The molecule has 0 N–H and O–H groups in total. The van der Waals surface area contributed by atoms with Crippen molar-refractivity contribution >= 4 is 71.2 Å². The summed E-state index contributed by atoms with van der Waals surface area (Å²) in [7, 11) is 0. The molecular formula is C82H86N2. The summed E-state index contributed by atoms with van der Waals surface area (Å²) in [6.07, 6.45) is 0. The Balaban J connectivity index is 1.03. The van der Waals surface area contributed by atoms with E-state index in [-0.39, 0.29) is 32.5 Å². The topological polar surface area (TPSA) is 8.17 Å². The minimum Gasteiger partial charge on any atom is -0.310 e. The average Bonchev–Trinajstić information content (AvgIpc) is 1.32. The van der Waals surface area contributed by atoms with Crippen molar-refractivity contribution in [2.45, 2.75) is 157 Å². The van der Waals surface area contributed by atoms with Crippen LogP contribution in [0.1, 0.15) is 158 Å². The molecule has 0 bridgehead atoms. The maximum absolute atomic E-state index is 2.54. The third-order valence-electron chi connectivity index (χ3n) is 18.0. The Morgan fingerprint density at radius 2 is 0.631 bits per heavy atom. The summed E-state index contributed by atoms with van der Waals surface area (Å²) < 4.78 is 2.54. The third kappa shape index (κ3) is 10.3. The van der Waals surface area contributed by atoms with E-state index in [2.05, 4.69) is 328 Å². The van der Waals surface area contributed by atoms with Crippen LogP contribution in [0, 0.1) is 0 Å². The van der Waals surface area contributed by atoms with Crippen LogP contribution in [0.25, 0.3) is 93.2 Å². The molecule has 12 aromatic rings. The lowest BCUT2D eigenvalue weighted by Gasteiger charge is -2.28. The van der Waals surface area contributed by atoms with Crippen molar-refractivity contribution in [3.05, 3.63) is 228 Å². The smallest absolute Gasteiger partial charge is 0.0541 e. The van der Waals surface area contributed by atoms with Crippen LogP contribution >= 0.6 is 0 Å². The molecule has 424 valence electrons. The van der Waals surface area contributed by atoms with E-state index >= 15 is 0 Å². The first kappa shape index (κ1) is 56.5. The zero-order chi connectivity index (χ0) is 59.8. The summed E-state index contributed by atoms with van der Waals surface area (Å²) >= 11 is 0. The van der Waals surface area contributed by atoms with E-state index in [0.29, 0.717) is 0 Å². The molecule has 0 aliphatic heterocycles. The van der Waals surface area contributed by atoms with Crippen LogP contribution in [0.2, 0.25) is 0 Å². The first-order valence-electron chi connectivity index (χ1n) is 30.6. The Morgan fingerprint density at radius 1 is 0.262 bits per heavy atom. The van der Waals surface area contributed by atoms with Gasteiger partial charge >= 0.3 is 0 Å². The van der Waals surface area contributed by atoms with Crippen LogP contribution < -0.4 is 4.90 Å². The number of rotatable bonds is 7. The molecule has 0 fully saturated rings. The highest BCUT2D eigenvalue weighted by atomic mass is 15.1. The number of hydrogen-bond donors (Lipinski definition) is 0. The number of aromatic nitrogens is 1. The van der Waals surface area contributed by atoms with Crippen LogP contribution in [-0.4, -0.2) is 4.57 Å². The molecule has 0 amide bonds. The second kappa shape index (κ2) is 19.8. The van der Waals surface area contributed by atoms with Crippen molar-refractivity contribution in [1.29, 1.82) is 0 Å². The van der Waals surface area contributed by atoms with Gasteiger partial charge in [0.05, 0.1) is 22.4 Å². The van der Waals surface area contributed by atoms with E-state index in [1.165, 1.54) is 127 Å². The Bertz CT molecular complexity index is 4360. The molecule has 1 heterocycles. The molecule has 2 heteroatoms. The minimum atomic E-state index is 0.0128. The van der Waals surface area contributed by atoms with Gasteiger partial charge in [-0.3, -0.25) is 0 Å². The standard InChI is InChI=1S/C82H86N2/c1-77(2,3)59-30-40-73-69(49-59)70-50-60(78(4,5)6)31-41-74(70)84(73)72-39-29-54-26-36-67-71(38-28-53-27-37-68(72)76(54)75(53)67)83(66-34-24-52(25-35-66)57-43-61(79(7,8)9)47-62(44-57)80(10,11)12)65-32-22-51(23-33-65)55-20-19-21-56(42-55)58-45-63(81(13,14)15)48-64(46-58)82(16,17)18/h19-50H,1-18H3. The Kier molecular flexibility index (Phi) is 13.4. The molecule has 0 aliphatic carbocycles. The van der Waals surface area contributed by atoms with E-state index in [0.717, 1.165) is 17.1 Å². The fourth-order valence-electron chi connectivity index (χ4n) is 12.6. The number of nitrogens with zero attached hydrogens (tertiary/aromatic N) is 2. The Hall–Kier alpha value is -7.94. The molecule has 2 nitrogen and oxygen atoms in total. The first-order valence-corrected chi connectivity index (χ1v) is 30.6. The van der Waals surface area contributed by atoms with Crippen LogP contribution in [0.5, 0.6) is 0 Å². The predicted octanol–water partition coefficient (Wildman–Crippen LogP) is 23.9. The summed E-state index contributed by atoms with van der Waals surface area (Å²) in [5.41, 5.74) is 22.6. The van der Waals surface area contributed by atoms with Crippen molar-refractivity contribution in [2.75, 3.05) is 4.90 Å². The molecule has 0 saturated carbocycles. The van der Waals surface area contributed by atoms with Gasteiger partial charge in [-0.2, -0.15) is 0 Å². The summed E-state index contributed by atoms with van der Waals surface area (Å²) in [5, 5.41) is 10.1. The van der Waals surface area contributed by atoms with Gasteiger partial charge in [-0.1, -0.05) is 252 Å². The van der Waals surface area contributed by atoms with Gasteiger partial charge in [-0.25, -0.2) is 0 Å². The monoisotopic (exact) mass is 1100 g/mol. The van der Waals surface area contributed by atoms with Gasteiger partial charge in [0, 0.05) is 32.9 Å². The number of hydrogen-bond acceptors (Lipinski definition) is 1. The van der Waals surface area contributed by atoms with Gasteiger partial charge in [0.25, 0.3) is 0 Å². The van der Waals surface area contributed by atoms with E-state index in [1.807, 2.05) is 0 Å². The molecule has 0 saturated heterocycles. The lowest BCUT2D eigenvalue weighted by Crippen LogP contribution is -2.16. The maximum Gasteiger partial charge on any atom is 0.0541 e. The second-order valence-corrected chi connectivity index (χ2v) is 30.5. The lowest BCUT2D eigenvalue weighted by atomic mass is 9.79. The molecule has 0 aliphatic rings. The van der Waals surface area contributed by atoms with Gasteiger partial charge in [-0.15, -0.1) is 0 Å². The van der Waals surface area contributed by atoms with Crippen molar-refractivity contribution < 1.29 is 0 Å². The zero-order valence-corrected chi connectivity index (χ0v) is 53.4. The molecule has 12 rings (SSSR count). The summed E-state index contributed by atoms with van der Waals surface area (Å²) in [6.45, 7) is 41.8. The third-order valence-corrected chi connectivity index (χ3v) is 18.0. The maximum atomic E-state index is 2.54. The molecule has 0 radical (unpaired) electrons. The normalized spacial score (nSPS) is 13.1. The summed E-state index contributed by atoms with van der Waals surface area (Å²) in [5.74, 6) is 0. The van der Waals surface area contributed by atoms with Crippen molar-refractivity contribution in [1.82, 2.24) is 4.57 Å². The fraction of sp³-hybridized carbons (Fsp3) is 0.293. The Morgan fingerprint density at radius 3 is 1.07 bits per heavy atom. The van der Waals surface area contributed by atoms with Crippen LogP contribution in [0.4, 0.5) is 17.1 Å². The number of benzene rings is 11. The van der Waals surface area contributed by atoms with Gasteiger partial charge < -0.3 is 9.47 Å². The predicted molar refractivity (Wildman–Crippen MR) is 368 cm³/mol. The van der Waals surface area contributed by atoms with Crippen LogP contribution in [0.3, 0.4) is 0 Å². The van der Waals surface area contributed by atoms with Gasteiger partial charge in [0.15, 0.2) is 0 Å². The van der Waals surface area contributed by atoms with Gasteiger partial charge in [0.1, 0.15) is 0 Å². The average molecular weight is 1100 g/mol. The van der Waals surface area contributed by atoms with Crippen molar-refractivity contribution in [3.8, 4) is 39.1 Å². The van der Waals surface area contributed by atoms with Crippen molar-refractivity contribution in [3.63, 3.8) is 0 Å². The summed E-state index contributed by atoms with van der Waals surface area (Å²) in [4.78, 5) is 2.49. The van der Waals surface area contributed by atoms with E-state index in [9.17, 15) is 0 Å². The van der Waals surface area contributed by atoms with E-state index in [1.54, 1.807) is 0 Å². The van der Waals surface area contributed by atoms with Crippen LogP contribution in [-0.2, 0) is 32.5 Å². The first-order chi connectivity index (χ1) is 39.4. The number of fused-ring (bicyclic) bond motifs is 3. The van der Waals surface area contributed by atoms with Gasteiger partial charge in [-0.05, 0) is 188 Å². The second-order valence-electron chi connectivity index (χ2n) is 30.5. The quantitative estimate of drug-likeness (QED) is 0.144. The molecule has 0 atom stereocenters. The van der Waals surface area contributed by atoms with Gasteiger partial charge in [0.2, 0.25) is 0 Å².